The molecule has 0 unspecified atom stereocenters. The van der Waals surface area contributed by atoms with Crippen LogP contribution in [-0.2, 0) is 14.8 Å². The Bertz CT molecular complexity index is 1220. The summed E-state index contributed by atoms with van der Waals surface area (Å²) in [6, 6.07) is 9.57. The quantitative estimate of drug-likeness (QED) is 0.365. The van der Waals surface area contributed by atoms with Crippen LogP contribution in [0.25, 0.3) is 0 Å². The summed E-state index contributed by atoms with van der Waals surface area (Å²) >= 11 is 12.5. The number of rotatable bonds is 9. The Kier molecular flexibility index (Phi) is 8.99. The molecule has 3 rings (SSSR count). The first-order chi connectivity index (χ1) is 16.5. The average molecular weight is 539 g/mol. The molecule has 35 heavy (non-hydrogen) atoms. The van der Waals surface area contributed by atoms with Crippen molar-refractivity contribution in [3.63, 3.8) is 0 Å². The minimum Gasteiger partial charge on any atom is -0.482 e. The maximum absolute atomic E-state index is 12.8. The number of halogens is 2. The molecule has 1 aliphatic heterocycles. The first-order valence-electron chi connectivity index (χ1n) is 11.2. The standard InChI is InChI=1S/C25H28Cl2N2O5S/c1-4-17(3)25(31)20-9-10-21(24(27)23(20)26)34-15-22(30)28-18-11-13-29(14-12-18)35(32,33)19-7-5-16(2)6-8-19/h5-10,18H,3-4,11-15H2,1-2H3,(H,28,30). The van der Waals surface area contributed by atoms with Crippen LogP contribution in [0.5, 0.6) is 5.75 Å². The minimum absolute atomic E-state index is 0.0452. The van der Waals surface area contributed by atoms with Crippen LogP contribution >= 0.6 is 23.2 Å². The van der Waals surface area contributed by atoms with Crippen molar-refractivity contribution in [3.8, 4) is 5.75 Å². The highest BCUT2D eigenvalue weighted by Crippen LogP contribution is 2.35. The molecular weight excluding hydrogens is 511 g/mol. The van der Waals surface area contributed by atoms with Crippen LogP contribution in [0.1, 0.15) is 42.1 Å². The van der Waals surface area contributed by atoms with Crippen LogP contribution in [0, 0.1) is 6.92 Å². The van der Waals surface area contributed by atoms with E-state index in [1.165, 1.54) is 16.4 Å². The molecule has 1 heterocycles. The highest BCUT2D eigenvalue weighted by molar-refractivity contribution is 7.89. The summed E-state index contributed by atoms with van der Waals surface area (Å²) in [5.41, 5.74) is 1.63. The molecule has 2 aromatic rings. The van der Waals surface area contributed by atoms with Crippen molar-refractivity contribution >= 4 is 44.9 Å². The number of hydrogen-bond acceptors (Lipinski definition) is 5. The Labute approximate surface area is 216 Å². The molecule has 1 fully saturated rings. The zero-order chi connectivity index (χ0) is 25.8. The van der Waals surface area contributed by atoms with Gasteiger partial charge in [-0.3, -0.25) is 9.59 Å². The maximum Gasteiger partial charge on any atom is 0.258 e. The Morgan fingerprint density at radius 1 is 1.09 bits per heavy atom. The van der Waals surface area contributed by atoms with Crippen molar-refractivity contribution in [3.05, 3.63) is 69.7 Å². The third-order valence-electron chi connectivity index (χ3n) is 5.88. The second-order valence-corrected chi connectivity index (χ2v) is 11.1. The van der Waals surface area contributed by atoms with E-state index in [0.29, 0.717) is 37.9 Å². The number of piperidine rings is 1. The van der Waals surface area contributed by atoms with Gasteiger partial charge < -0.3 is 10.1 Å². The lowest BCUT2D eigenvalue weighted by Gasteiger charge is -2.31. The molecule has 0 aromatic heterocycles. The van der Waals surface area contributed by atoms with E-state index < -0.39 is 10.0 Å². The summed E-state index contributed by atoms with van der Waals surface area (Å²) in [5, 5.41) is 2.96. The number of carbonyl (C=O) groups is 2. The minimum atomic E-state index is -3.56. The molecule has 1 aliphatic rings. The smallest absolute Gasteiger partial charge is 0.258 e. The van der Waals surface area contributed by atoms with Crippen molar-refractivity contribution in [2.45, 2.75) is 44.0 Å². The fourth-order valence-electron chi connectivity index (χ4n) is 3.68. The topological polar surface area (TPSA) is 92.8 Å². The number of carbonyl (C=O) groups excluding carboxylic acids is 2. The van der Waals surface area contributed by atoms with Gasteiger partial charge in [-0.05, 0) is 56.0 Å². The van der Waals surface area contributed by atoms with E-state index in [-0.39, 0.29) is 50.6 Å². The zero-order valence-corrected chi connectivity index (χ0v) is 22.0. The number of ketones is 1. The number of allylic oxidation sites excluding steroid dienone is 1. The van der Waals surface area contributed by atoms with E-state index >= 15 is 0 Å². The zero-order valence-electron chi connectivity index (χ0n) is 19.6. The predicted molar refractivity (Wildman–Crippen MR) is 137 cm³/mol. The van der Waals surface area contributed by atoms with Crippen LogP contribution < -0.4 is 10.1 Å². The number of aryl methyl sites for hydroxylation is 1. The predicted octanol–water partition coefficient (Wildman–Crippen LogP) is 4.80. The van der Waals surface area contributed by atoms with Crippen molar-refractivity contribution in [1.29, 1.82) is 0 Å². The second kappa shape index (κ2) is 11.6. The van der Waals surface area contributed by atoms with E-state index in [4.69, 9.17) is 27.9 Å². The van der Waals surface area contributed by atoms with Crippen LogP contribution in [0.2, 0.25) is 10.0 Å². The molecule has 1 amide bonds. The Morgan fingerprint density at radius 3 is 2.31 bits per heavy atom. The Hall–Kier alpha value is -2.39. The number of benzene rings is 2. The van der Waals surface area contributed by atoms with Crippen molar-refractivity contribution in [2.75, 3.05) is 19.7 Å². The van der Waals surface area contributed by atoms with E-state index in [9.17, 15) is 18.0 Å². The van der Waals surface area contributed by atoms with Crippen LogP contribution in [0.3, 0.4) is 0 Å². The lowest BCUT2D eigenvalue weighted by Crippen LogP contribution is -2.47. The summed E-state index contributed by atoms with van der Waals surface area (Å²) < 4.78 is 32.6. The fourth-order valence-corrected chi connectivity index (χ4v) is 5.61. The maximum atomic E-state index is 12.8. The molecule has 10 heteroatoms. The second-order valence-electron chi connectivity index (χ2n) is 8.37. The van der Waals surface area contributed by atoms with Crippen LogP contribution in [-0.4, -0.2) is 50.2 Å². The fraction of sp³-hybridized carbons (Fsp3) is 0.360. The van der Waals surface area contributed by atoms with Gasteiger partial charge in [0.15, 0.2) is 12.4 Å². The molecule has 0 radical (unpaired) electrons. The van der Waals surface area contributed by atoms with Gasteiger partial charge >= 0.3 is 0 Å². The molecule has 0 aliphatic carbocycles. The van der Waals surface area contributed by atoms with E-state index in [0.717, 1.165) is 5.56 Å². The molecule has 0 spiro atoms. The van der Waals surface area contributed by atoms with Gasteiger partial charge in [0.2, 0.25) is 10.0 Å². The average Bonchev–Trinajstić information content (AvgIpc) is 2.84. The number of nitrogens with one attached hydrogen (secondary N) is 1. The Balaban J connectivity index is 1.52. The molecule has 1 saturated heterocycles. The van der Waals surface area contributed by atoms with Crippen molar-refractivity contribution in [2.24, 2.45) is 0 Å². The van der Waals surface area contributed by atoms with Gasteiger partial charge in [-0.25, -0.2) is 8.42 Å². The molecule has 188 valence electrons. The largest absolute Gasteiger partial charge is 0.482 e. The van der Waals surface area contributed by atoms with Crippen molar-refractivity contribution < 1.29 is 22.7 Å². The lowest BCUT2D eigenvalue weighted by molar-refractivity contribution is -0.124. The van der Waals surface area contributed by atoms with E-state index in [2.05, 4.69) is 11.9 Å². The molecule has 2 aromatic carbocycles. The van der Waals surface area contributed by atoms with Gasteiger partial charge in [0.25, 0.3) is 5.91 Å². The summed E-state index contributed by atoms with van der Waals surface area (Å²) in [5.74, 6) is -0.472. The van der Waals surface area contributed by atoms with Gasteiger partial charge in [0.05, 0.1) is 9.92 Å². The highest BCUT2D eigenvalue weighted by atomic mass is 35.5. The normalized spacial score (nSPS) is 15.0. The molecule has 7 nitrogen and oxygen atoms in total. The molecule has 1 N–H and O–H groups in total. The molecular formula is C25H28Cl2N2O5S. The summed E-state index contributed by atoms with van der Waals surface area (Å²) in [6.07, 6.45) is 1.46. The SMILES string of the molecule is C=C(CC)C(=O)c1ccc(OCC(=O)NC2CCN(S(=O)(=O)c3ccc(C)cc3)CC2)c(Cl)c1Cl. The molecule has 0 saturated carbocycles. The number of nitrogens with zero attached hydrogens (tertiary/aromatic N) is 1. The molecule has 0 atom stereocenters. The van der Waals surface area contributed by atoms with Gasteiger partial charge in [-0.1, -0.05) is 54.4 Å². The number of sulfonamides is 1. The third-order valence-corrected chi connectivity index (χ3v) is 8.65. The number of hydrogen-bond donors (Lipinski definition) is 1. The number of Topliss-reactive ketones (excluding diaryl/α,β-unsaturated/α-hetero) is 1. The van der Waals surface area contributed by atoms with Crippen LogP contribution in [0.4, 0.5) is 0 Å². The summed E-state index contributed by atoms with van der Waals surface area (Å²) in [7, 11) is -3.56. The third kappa shape index (κ3) is 6.44. The highest BCUT2D eigenvalue weighted by Gasteiger charge is 2.30. The monoisotopic (exact) mass is 538 g/mol. The number of amides is 1. The van der Waals surface area contributed by atoms with Crippen molar-refractivity contribution in [1.82, 2.24) is 9.62 Å². The van der Waals surface area contributed by atoms with E-state index in [1.54, 1.807) is 24.3 Å². The first kappa shape index (κ1) is 27.2. The van der Waals surface area contributed by atoms with Gasteiger partial charge in [0.1, 0.15) is 10.8 Å². The van der Waals surface area contributed by atoms with Gasteiger partial charge in [-0.2, -0.15) is 4.31 Å². The van der Waals surface area contributed by atoms with Crippen LogP contribution in [0.15, 0.2) is 53.4 Å². The molecule has 0 bridgehead atoms. The lowest BCUT2D eigenvalue weighted by atomic mass is 10.0. The summed E-state index contributed by atoms with van der Waals surface area (Å²) in [4.78, 5) is 25.0. The van der Waals surface area contributed by atoms with Gasteiger partial charge in [-0.15, -0.1) is 0 Å². The number of ether oxygens (including phenoxy) is 1. The summed E-state index contributed by atoms with van der Waals surface area (Å²) in [6.45, 7) is 7.76. The van der Waals surface area contributed by atoms with Gasteiger partial charge in [0, 0.05) is 24.7 Å². The first-order valence-corrected chi connectivity index (χ1v) is 13.4. The van der Waals surface area contributed by atoms with E-state index in [1.807, 2.05) is 13.8 Å². The Morgan fingerprint density at radius 2 is 1.71 bits per heavy atom.